The van der Waals surface area contributed by atoms with Crippen molar-refractivity contribution in [3.63, 3.8) is 0 Å². The van der Waals surface area contributed by atoms with E-state index in [1.807, 2.05) is 0 Å². The molecule has 14 heavy (non-hydrogen) atoms. The first-order valence-corrected chi connectivity index (χ1v) is 4.75. The maximum atomic E-state index is 10.0. The van der Waals surface area contributed by atoms with Crippen molar-refractivity contribution in [3.8, 4) is 11.5 Å². The Labute approximate surface area is 83.0 Å². The molecule has 1 saturated carbocycles. The van der Waals surface area contributed by atoms with E-state index < -0.39 is 5.60 Å². The molecule has 0 aliphatic heterocycles. The molecule has 1 aliphatic rings. The third-order valence-corrected chi connectivity index (χ3v) is 2.89. The van der Waals surface area contributed by atoms with Crippen molar-refractivity contribution >= 4 is 0 Å². The van der Waals surface area contributed by atoms with E-state index in [4.69, 9.17) is 4.74 Å². The first kappa shape index (κ1) is 9.34. The van der Waals surface area contributed by atoms with Crippen molar-refractivity contribution in [2.45, 2.75) is 24.9 Å². The Morgan fingerprint density at radius 2 is 2.07 bits per heavy atom. The second-order valence-electron chi connectivity index (χ2n) is 3.77. The van der Waals surface area contributed by atoms with Crippen LogP contribution in [-0.2, 0) is 5.60 Å². The minimum Gasteiger partial charge on any atom is -0.507 e. The summed E-state index contributed by atoms with van der Waals surface area (Å²) < 4.78 is 4.97. The molecule has 1 fully saturated rings. The summed E-state index contributed by atoms with van der Waals surface area (Å²) >= 11 is 0. The lowest BCUT2D eigenvalue weighted by atomic mass is 9.75. The summed E-state index contributed by atoms with van der Waals surface area (Å²) in [6.07, 6.45) is 2.47. The van der Waals surface area contributed by atoms with E-state index in [0.29, 0.717) is 11.3 Å². The molecule has 3 heteroatoms. The predicted molar refractivity (Wildman–Crippen MR) is 52.4 cm³/mol. The molecule has 3 nitrogen and oxygen atoms in total. The third-order valence-electron chi connectivity index (χ3n) is 2.89. The molecule has 0 aromatic heterocycles. The number of rotatable bonds is 2. The quantitative estimate of drug-likeness (QED) is 0.754. The van der Waals surface area contributed by atoms with Crippen molar-refractivity contribution in [2.75, 3.05) is 7.11 Å². The van der Waals surface area contributed by atoms with Gasteiger partial charge in [-0.3, -0.25) is 0 Å². The zero-order valence-electron chi connectivity index (χ0n) is 8.16. The molecule has 2 N–H and O–H groups in total. The number of ether oxygens (including phenoxy) is 1. The van der Waals surface area contributed by atoms with Gasteiger partial charge in [0.25, 0.3) is 0 Å². The molecular weight excluding hydrogens is 180 g/mol. The molecule has 0 radical (unpaired) electrons. The van der Waals surface area contributed by atoms with Crippen LogP contribution in [0.3, 0.4) is 0 Å². The van der Waals surface area contributed by atoms with Crippen LogP contribution in [0, 0.1) is 0 Å². The van der Waals surface area contributed by atoms with Crippen LogP contribution in [-0.4, -0.2) is 17.3 Å². The largest absolute Gasteiger partial charge is 0.507 e. The average molecular weight is 194 g/mol. The van der Waals surface area contributed by atoms with Gasteiger partial charge < -0.3 is 14.9 Å². The highest BCUT2D eigenvalue weighted by Crippen LogP contribution is 2.45. The Morgan fingerprint density at radius 3 is 2.50 bits per heavy atom. The summed E-state index contributed by atoms with van der Waals surface area (Å²) in [7, 11) is 1.55. The molecule has 2 rings (SSSR count). The molecule has 0 amide bonds. The molecule has 0 atom stereocenters. The van der Waals surface area contributed by atoms with Crippen LogP contribution < -0.4 is 4.74 Å². The summed E-state index contributed by atoms with van der Waals surface area (Å²) in [4.78, 5) is 0. The number of benzene rings is 1. The van der Waals surface area contributed by atoms with Gasteiger partial charge in [0.2, 0.25) is 0 Å². The Morgan fingerprint density at radius 1 is 1.36 bits per heavy atom. The van der Waals surface area contributed by atoms with E-state index >= 15 is 0 Å². The molecule has 0 spiro atoms. The van der Waals surface area contributed by atoms with Gasteiger partial charge in [0.1, 0.15) is 11.5 Å². The standard InChI is InChI=1S/C11H14O3/c1-14-8-3-4-9(10(12)7-8)11(13)5-2-6-11/h3-4,7,12-13H,2,5-6H2,1H3. The van der Waals surface area contributed by atoms with Crippen molar-refractivity contribution in [2.24, 2.45) is 0 Å². The second kappa shape index (κ2) is 3.17. The van der Waals surface area contributed by atoms with Gasteiger partial charge in [0, 0.05) is 11.6 Å². The van der Waals surface area contributed by atoms with Gasteiger partial charge in [-0.1, -0.05) is 0 Å². The number of aromatic hydroxyl groups is 1. The van der Waals surface area contributed by atoms with Crippen molar-refractivity contribution in [3.05, 3.63) is 23.8 Å². The molecule has 0 saturated heterocycles. The summed E-state index contributed by atoms with van der Waals surface area (Å²) in [5.74, 6) is 0.723. The highest BCUT2D eigenvalue weighted by Gasteiger charge is 2.38. The molecule has 1 aliphatic carbocycles. The maximum absolute atomic E-state index is 10.0. The Balaban J connectivity index is 2.35. The van der Waals surface area contributed by atoms with Gasteiger partial charge in [-0.2, -0.15) is 0 Å². The molecule has 0 unspecified atom stereocenters. The van der Waals surface area contributed by atoms with Gasteiger partial charge in [0.15, 0.2) is 0 Å². The van der Waals surface area contributed by atoms with Crippen LogP contribution in [0.15, 0.2) is 18.2 Å². The summed E-state index contributed by atoms with van der Waals surface area (Å²) in [6.45, 7) is 0. The Kier molecular flexibility index (Phi) is 2.11. The number of methoxy groups -OCH3 is 1. The lowest BCUT2D eigenvalue weighted by molar-refractivity contribution is -0.0404. The molecular formula is C11H14O3. The smallest absolute Gasteiger partial charge is 0.125 e. The Hall–Kier alpha value is -1.22. The lowest BCUT2D eigenvalue weighted by Gasteiger charge is -2.37. The van der Waals surface area contributed by atoms with Crippen molar-refractivity contribution < 1.29 is 14.9 Å². The van der Waals surface area contributed by atoms with Gasteiger partial charge in [0.05, 0.1) is 12.7 Å². The Bertz CT molecular complexity index is 342. The monoisotopic (exact) mass is 194 g/mol. The van der Waals surface area contributed by atoms with Gasteiger partial charge in [-0.25, -0.2) is 0 Å². The zero-order valence-corrected chi connectivity index (χ0v) is 8.16. The fraction of sp³-hybridized carbons (Fsp3) is 0.455. The fourth-order valence-corrected chi connectivity index (χ4v) is 1.81. The minimum atomic E-state index is -0.809. The normalized spacial score (nSPS) is 18.7. The molecule has 1 aromatic rings. The van der Waals surface area contributed by atoms with Crippen LogP contribution in [0.25, 0.3) is 0 Å². The maximum Gasteiger partial charge on any atom is 0.125 e. The number of phenols is 1. The van der Waals surface area contributed by atoms with Gasteiger partial charge >= 0.3 is 0 Å². The van der Waals surface area contributed by atoms with E-state index in [1.54, 1.807) is 19.2 Å². The minimum absolute atomic E-state index is 0.117. The van der Waals surface area contributed by atoms with Crippen LogP contribution >= 0.6 is 0 Å². The highest BCUT2D eigenvalue weighted by atomic mass is 16.5. The predicted octanol–water partition coefficient (Wildman–Crippen LogP) is 1.77. The molecule has 76 valence electrons. The summed E-state index contributed by atoms with van der Waals surface area (Å²) in [5.41, 5.74) is -0.194. The van der Waals surface area contributed by atoms with E-state index in [9.17, 15) is 10.2 Å². The summed E-state index contributed by atoms with van der Waals surface area (Å²) in [5, 5.41) is 19.7. The third kappa shape index (κ3) is 1.34. The first-order chi connectivity index (χ1) is 6.65. The van der Waals surface area contributed by atoms with E-state index in [1.165, 1.54) is 6.07 Å². The molecule has 0 bridgehead atoms. The molecule has 0 heterocycles. The average Bonchev–Trinajstić information content (AvgIpc) is 2.14. The van der Waals surface area contributed by atoms with Crippen LogP contribution in [0.2, 0.25) is 0 Å². The number of aliphatic hydroxyl groups is 1. The molecule has 1 aromatic carbocycles. The van der Waals surface area contributed by atoms with Crippen LogP contribution in [0.4, 0.5) is 0 Å². The van der Waals surface area contributed by atoms with Gasteiger partial charge in [-0.15, -0.1) is 0 Å². The van der Waals surface area contributed by atoms with Crippen molar-refractivity contribution in [1.82, 2.24) is 0 Å². The number of hydrogen-bond acceptors (Lipinski definition) is 3. The lowest BCUT2D eigenvalue weighted by Crippen LogP contribution is -2.33. The SMILES string of the molecule is COc1ccc(C2(O)CCC2)c(O)c1. The summed E-state index contributed by atoms with van der Waals surface area (Å²) in [6, 6.07) is 5.02. The van der Waals surface area contributed by atoms with E-state index in [0.717, 1.165) is 19.3 Å². The second-order valence-corrected chi connectivity index (χ2v) is 3.77. The van der Waals surface area contributed by atoms with Crippen LogP contribution in [0.1, 0.15) is 24.8 Å². The zero-order chi connectivity index (χ0) is 10.2. The fourth-order valence-electron chi connectivity index (χ4n) is 1.81. The number of phenolic OH excluding ortho intramolecular Hbond substituents is 1. The highest BCUT2D eigenvalue weighted by molar-refractivity contribution is 5.43. The number of hydrogen-bond donors (Lipinski definition) is 2. The van der Waals surface area contributed by atoms with Crippen molar-refractivity contribution in [1.29, 1.82) is 0 Å². The van der Waals surface area contributed by atoms with Gasteiger partial charge in [-0.05, 0) is 31.4 Å². The van der Waals surface area contributed by atoms with Crippen LogP contribution in [0.5, 0.6) is 11.5 Å². The van der Waals surface area contributed by atoms with E-state index in [-0.39, 0.29) is 5.75 Å². The first-order valence-electron chi connectivity index (χ1n) is 4.75. The van der Waals surface area contributed by atoms with E-state index in [2.05, 4.69) is 0 Å². The topological polar surface area (TPSA) is 49.7 Å².